The quantitative estimate of drug-likeness (QED) is 0.834. The summed E-state index contributed by atoms with van der Waals surface area (Å²) in [6.07, 6.45) is 1.93. The molecule has 2 aliphatic rings. The predicted octanol–water partition coefficient (Wildman–Crippen LogP) is 1.25. The second kappa shape index (κ2) is 6.13. The molecule has 1 amide bonds. The monoisotopic (exact) mass is 277 g/mol. The molecule has 3 rings (SSSR count). The lowest BCUT2D eigenvalue weighted by Crippen LogP contribution is -2.43. The van der Waals surface area contributed by atoms with Crippen molar-refractivity contribution in [1.82, 2.24) is 4.90 Å². The number of hydrogen-bond donors (Lipinski definition) is 0. The van der Waals surface area contributed by atoms with Crippen molar-refractivity contribution in [2.45, 2.75) is 12.8 Å². The van der Waals surface area contributed by atoms with E-state index in [4.69, 9.17) is 14.2 Å². The Hall–Kier alpha value is -1.75. The molecule has 0 N–H and O–H groups in total. The SMILES string of the molecule is O=C(COc1cccc2c1CCCO2)N1CCOCC1. The number of ether oxygens (including phenoxy) is 3. The highest BCUT2D eigenvalue weighted by molar-refractivity contribution is 5.78. The molecule has 0 unspecified atom stereocenters. The van der Waals surface area contributed by atoms with Crippen LogP contribution in [0.3, 0.4) is 0 Å². The van der Waals surface area contributed by atoms with Gasteiger partial charge in [-0.05, 0) is 25.0 Å². The molecule has 0 aliphatic carbocycles. The van der Waals surface area contributed by atoms with Crippen LogP contribution in [0.2, 0.25) is 0 Å². The second-order valence-electron chi connectivity index (χ2n) is 4.97. The molecule has 0 spiro atoms. The molecular weight excluding hydrogens is 258 g/mol. The number of amides is 1. The summed E-state index contributed by atoms with van der Waals surface area (Å²) in [5.41, 5.74) is 1.08. The van der Waals surface area contributed by atoms with Gasteiger partial charge in [-0.1, -0.05) is 6.07 Å². The topological polar surface area (TPSA) is 48.0 Å². The van der Waals surface area contributed by atoms with Gasteiger partial charge < -0.3 is 19.1 Å². The van der Waals surface area contributed by atoms with Crippen molar-refractivity contribution in [2.24, 2.45) is 0 Å². The fraction of sp³-hybridized carbons (Fsp3) is 0.533. The highest BCUT2D eigenvalue weighted by Gasteiger charge is 2.19. The van der Waals surface area contributed by atoms with Crippen LogP contribution in [0.15, 0.2) is 18.2 Å². The summed E-state index contributed by atoms with van der Waals surface area (Å²) < 4.78 is 16.5. The van der Waals surface area contributed by atoms with Crippen molar-refractivity contribution in [3.8, 4) is 11.5 Å². The highest BCUT2D eigenvalue weighted by atomic mass is 16.5. The smallest absolute Gasteiger partial charge is 0.260 e. The van der Waals surface area contributed by atoms with E-state index in [0.717, 1.165) is 36.5 Å². The summed E-state index contributed by atoms with van der Waals surface area (Å²) in [5, 5.41) is 0. The molecule has 0 radical (unpaired) electrons. The number of hydrogen-bond acceptors (Lipinski definition) is 4. The number of benzene rings is 1. The van der Waals surface area contributed by atoms with Crippen LogP contribution in [0.1, 0.15) is 12.0 Å². The number of rotatable bonds is 3. The Labute approximate surface area is 118 Å². The van der Waals surface area contributed by atoms with Crippen molar-refractivity contribution in [2.75, 3.05) is 39.5 Å². The van der Waals surface area contributed by atoms with Gasteiger partial charge in [0.25, 0.3) is 5.91 Å². The van der Waals surface area contributed by atoms with Crippen LogP contribution in [0.4, 0.5) is 0 Å². The lowest BCUT2D eigenvalue weighted by Gasteiger charge is -2.27. The molecule has 108 valence electrons. The van der Waals surface area contributed by atoms with Crippen LogP contribution >= 0.6 is 0 Å². The summed E-state index contributed by atoms with van der Waals surface area (Å²) in [6, 6.07) is 5.75. The third-order valence-corrected chi connectivity index (χ3v) is 3.63. The van der Waals surface area contributed by atoms with Gasteiger partial charge in [0.1, 0.15) is 11.5 Å². The van der Waals surface area contributed by atoms with Crippen LogP contribution in [0, 0.1) is 0 Å². The summed E-state index contributed by atoms with van der Waals surface area (Å²) >= 11 is 0. The van der Waals surface area contributed by atoms with Crippen LogP contribution in [0.5, 0.6) is 11.5 Å². The molecule has 2 aliphatic heterocycles. The third-order valence-electron chi connectivity index (χ3n) is 3.63. The summed E-state index contributed by atoms with van der Waals surface area (Å²) in [4.78, 5) is 13.8. The lowest BCUT2D eigenvalue weighted by atomic mass is 10.1. The molecular formula is C15H19NO4. The van der Waals surface area contributed by atoms with Gasteiger partial charge in [-0.2, -0.15) is 0 Å². The molecule has 2 heterocycles. The highest BCUT2D eigenvalue weighted by Crippen LogP contribution is 2.32. The van der Waals surface area contributed by atoms with Gasteiger partial charge in [-0.25, -0.2) is 0 Å². The third kappa shape index (κ3) is 2.88. The van der Waals surface area contributed by atoms with Gasteiger partial charge >= 0.3 is 0 Å². The molecule has 20 heavy (non-hydrogen) atoms. The standard InChI is InChI=1S/C15H19NO4/c17-15(16-6-9-18-10-7-16)11-20-14-5-1-4-13-12(14)3-2-8-19-13/h1,4-5H,2-3,6-11H2. The zero-order valence-electron chi connectivity index (χ0n) is 11.5. The maximum Gasteiger partial charge on any atom is 0.260 e. The first-order chi connectivity index (χ1) is 9.84. The van der Waals surface area contributed by atoms with Crippen molar-refractivity contribution >= 4 is 5.91 Å². The van der Waals surface area contributed by atoms with E-state index < -0.39 is 0 Å². The molecule has 0 bridgehead atoms. The molecule has 1 saturated heterocycles. The predicted molar refractivity (Wildman–Crippen MR) is 73.2 cm³/mol. The molecule has 1 aromatic rings. The molecule has 5 heteroatoms. The number of nitrogens with zero attached hydrogens (tertiary/aromatic N) is 1. The average Bonchev–Trinajstić information content (AvgIpc) is 2.53. The molecule has 0 aromatic heterocycles. The summed E-state index contributed by atoms with van der Waals surface area (Å²) in [5.74, 6) is 1.67. The molecule has 1 fully saturated rings. The van der Waals surface area contributed by atoms with Crippen LogP contribution in [0.25, 0.3) is 0 Å². The van der Waals surface area contributed by atoms with Crippen LogP contribution < -0.4 is 9.47 Å². The number of fused-ring (bicyclic) bond motifs is 1. The van der Waals surface area contributed by atoms with Gasteiger partial charge in [-0.15, -0.1) is 0 Å². The van der Waals surface area contributed by atoms with Gasteiger partial charge in [0, 0.05) is 18.7 Å². The minimum Gasteiger partial charge on any atom is -0.493 e. The van der Waals surface area contributed by atoms with Gasteiger partial charge in [0.15, 0.2) is 6.61 Å². The van der Waals surface area contributed by atoms with E-state index in [1.165, 1.54) is 0 Å². The average molecular weight is 277 g/mol. The zero-order chi connectivity index (χ0) is 13.8. The maximum atomic E-state index is 12.1. The fourth-order valence-electron chi connectivity index (χ4n) is 2.54. The van der Waals surface area contributed by atoms with Crippen molar-refractivity contribution in [3.63, 3.8) is 0 Å². The Morgan fingerprint density at radius 3 is 2.95 bits per heavy atom. The van der Waals surface area contributed by atoms with Crippen LogP contribution in [-0.2, 0) is 16.0 Å². The zero-order valence-corrected chi connectivity index (χ0v) is 11.5. The first kappa shape index (κ1) is 13.2. The van der Waals surface area contributed by atoms with Gasteiger partial charge in [0.2, 0.25) is 0 Å². The Kier molecular flexibility index (Phi) is 4.06. The summed E-state index contributed by atoms with van der Waals surface area (Å²) in [7, 11) is 0. The largest absolute Gasteiger partial charge is 0.493 e. The Balaban J connectivity index is 1.62. The van der Waals surface area contributed by atoms with E-state index in [1.807, 2.05) is 18.2 Å². The fourth-order valence-corrected chi connectivity index (χ4v) is 2.54. The normalized spacial score (nSPS) is 18.1. The maximum absolute atomic E-state index is 12.1. The Morgan fingerprint density at radius 2 is 2.10 bits per heavy atom. The van der Waals surface area contributed by atoms with E-state index in [1.54, 1.807) is 4.90 Å². The summed E-state index contributed by atoms with van der Waals surface area (Å²) in [6.45, 7) is 3.36. The number of carbonyl (C=O) groups is 1. The number of morpholine rings is 1. The lowest BCUT2D eigenvalue weighted by molar-refractivity contribution is -0.137. The van der Waals surface area contributed by atoms with E-state index in [0.29, 0.717) is 26.3 Å². The molecule has 0 atom stereocenters. The molecule has 0 saturated carbocycles. The second-order valence-corrected chi connectivity index (χ2v) is 4.97. The van der Waals surface area contributed by atoms with E-state index in [2.05, 4.69) is 0 Å². The number of carbonyl (C=O) groups excluding carboxylic acids is 1. The first-order valence-corrected chi connectivity index (χ1v) is 7.07. The Bertz CT molecular complexity index is 483. The van der Waals surface area contributed by atoms with E-state index in [9.17, 15) is 4.79 Å². The van der Waals surface area contributed by atoms with Crippen molar-refractivity contribution in [3.05, 3.63) is 23.8 Å². The first-order valence-electron chi connectivity index (χ1n) is 7.07. The van der Waals surface area contributed by atoms with E-state index in [-0.39, 0.29) is 12.5 Å². The molecule has 1 aromatic carbocycles. The molecule has 5 nitrogen and oxygen atoms in total. The van der Waals surface area contributed by atoms with Gasteiger partial charge in [-0.3, -0.25) is 4.79 Å². The van der Waals surface area contributed by atoms with Gasteiger partial charge in [0.05, 0.1) is 19.8 Å². The van der Waals surface area contributed by atoms with Crippen molar-refractivity contribution < 1.29 is 19.0 Å². The Morgan fingerprint density at radius 1 is 1.25 bits per heavy atom. The van der Waals surface area contributed by atoms with Crippen LogP contribution in [-0.4, -0.2) is 50.3 Å². The minimum atomic E-state index is 0.0163. The minimum absolute atomic E-state index is 0.0163. The van der Waals surface area contributed by atoms with E-state index >= 15 is 0 Å². The van der Waals surface area contributed by atoms with Crippen molar-refractivity contribution in [1.29, 1.82) is 0 Å².